The van der Waals surface area contributed by atoms with Gasteiger partial charge in [0.2, 0.25) is 5.91 Å². The minimum atomic E-state index is -0.562. The highest BCUT2D eigenvalue weighted by molar-refractivity contribution is 8.00. The van der Waals surface area contributed by atoms with Crippen LogP contribution in [-0.4, -0.2) is 17.7 Å². The molecular formula is C38H32ClN3O3S. The first-order valence-corrected chi connectivity index (χ1v) is 15.9. The molecular weight excluding hydrogens is 614 g/mol. The summed E-state index contributed by atoms with van der Waals surface area (Å²) in [6, 6.07) is 38.3. The molecule has 5 rings (SSSR count). The minimum absolute atomic E-state index is 0.0232. The maximum Gasteiger partial charge on any atom is 0.272 e. The van der Waals surface area contributed by atoms with Gasteiger partial charge >= 0.3 is 0 Å². The zero-order chi connectivity index (χ0) is 32.5. The fraction of sp³-hybridized carbons (Fsp3) is 0.0789. The number of hydrogen-bond acceptors (Lipinski definition) is 4. The molecule has 0 bridgehead atoms. The summed E-state index contributed by atoms with van der Waals surface area (Å²) < 4.78 is 0. The van der Waals surface area contributed by atoms with Crippen LogP contribution in [0, 0.1) is 13.8 Å². The first kappa shape index (κ1) is 32.3. The van der Waals surface area contributed by atoms with Crippen molar-refractivity contribution in [1.29, 1.82) is 0 Å². The Kier molecular flexibility index (Phi) is 10.7. The number of rotatable bonds is 10. The van der Waals surface area contributed by atoms with E-state index in [2.05, 4.69) is 16.0 Å². The molecule has 5 aromatic rings. The van der Waals surface area contributed by atoms with Gasteiger partial charge in [-0.2, -0.15) is 0 Å². The van der Waals surface area contributed by atoms with Gasteiger partial charge in [-0.25, -0.2) is 0 Å². The molecule has 0 radical (unpaired) electrons. The highest BCUT2D eigenvalue weighted by atomic mass is 35.5. The molecule has 3 amide bonds. The maximum atomic E-state index is 13.7. The van der Waals surface area contributed by atoms with E-state index in [4.69, 9.17) is 11.6 Å². The third-order valence-electron chi connectivity index (χ3n) is 7.28. The summed E-state index contributed by atoms with van der Waals surface area (Å²) >= 11 is 7.75. The molecule has 230 valence electrons. The summed E-state index contributed by atoms with van der Waals surface area (Å²) in [5.41, 5.74) is 5.22. The maximum absolute atomic E-state index is 13.7. The lowest BCUT2D eigenvalue weighted by Gasteiger charge is -2.19. The minimum Gasteiger partial charge on any atom is -0.325 e. The van der Waals surface area contributed by atoms with Crippen LogP contribution in [-0.2, 0) is 9.59 Å². The molecule has 0 aliphatic heterocycles. The zero-order valence-electron chi connectivity index (χ0n) is 25.3. The Hall–Kier alpha value is -5.11. The lowest BCUT2D eigenvalue weighted by Crippen LogP contribution is -2.30. The Morgan fingerprint density at radius 2 is 1.41 bits per heavy atom. The van der Waals surface area contributed by atoms with E-state index in [1.807, 2.05) is 80.6 Å². The number of aryl methyl sites for hydroxylation is 1. The largest absolute Gasteiger partial charge is 0.325 e. The summed E-state index contributed by atoms with van der Waals surface area (Å²) in [6.07, 6.45) is 1.54. The van der Waals surface area contributed by atoms with Crippen LogP contribution in [0.4, 0.5) is 11.4 Å². The summed E-state index contributed by atoms with van der Waals surface area (Å²) in [5, 5.41) is 8.61. The summed E-state index contributed by atoms with van der Waals surface area (Å²) in [5.74, 6) is -1.12. The highest BCUT2D eigenvalue weighted by Crippen LogP contribution is 2.37. The van der Waals surface area contributed by atoms with Crippen LogP contribution in [0.2, 0.25) is 5.02 Å². The van der Waals surface area contributed by atoms with Crippen molar-refractivity contribution in [1.82, 2.24) is 5.32 Å². The molecule has 6 nitrogen and oxygen atoms in total. The van der Waals surface area contributed by atoms with E-state index in [1.54, 1.807) is 66.7 Å². The summed E-state index contributed by atoms with van der Waals surface area (Å²) in [4.78, 5) is 41.1. The smallest absolute Gasteiger partial charge is 0.272 e. The third-order valence-corrected chi connectivity index (χ3v) is 8.87. The van der Waals surface area contributed by atoms with Crippen LogP contribution < -0.4 is 16.0 Å². The van der Waals surface area contributed by atoms with Gasteiger partial charge in [0.1, 0.15) is 10.9 Å². The topological polar surface area (TPSA) is 87.3 Å². The standard InChI is InChI=1S/C38H32ClN3O3S/c1-25-13-11-22-33(26(25)2)41-38(45)35(27-14-5-3-6-15-27)46-31-20-12-19-30(24-31)40-37(44)34(23-29-18-9-10-21-32(29)39)42-36(43)28-16-7-4-8-17-28/h3-24,35H,1-2H3,(H,40,44)(H,41,45)(H,42,43)/b34-23+. The second kappa shape index (κ2) is 15.3. The highest BCUT2D eigenvalue weighted by Gasteiger charge is 2.23. The molecule has 0 aliphatic carbocycles. The number of benzene rings is 5. The monoisotopic (exact) mass is 645 g/mol. The van der Waals surface area contributed by atoms with Crippen molar-refractivity contribution in [3.05, 3.63) is 166 Å². The number of halogens is 1. The fourth-order valence-electron chi connectivity index (χ4n) is 4.66. The van der Waals surface area contributed by atoms with Gasteiger partial charge in [-0.05, 0) is 84.6 Å². The summed E-state index contributed by atoms with van der Waals surface area (Å²) in [6.45, 7) is 3.99. The fourth-order valence-corrected chi connectivity index (χ4v) is 5.93. The number of hydrogen-bond donors (Lipinski definition) is 3. The van der Waals surface area contributed by atoms with Crippen molar-refractivity contribution in [3.8, 4) is 0 Å². The van der Waals surface area contributed by atoms with E-state index in [0.717, 1.165) is 27.3 Å². The Morgan fingerprint density at radius 1 is 0.739 bits per heavy atom. The normalized spacial score (nSPS) is 11.8. The van der Waals surface area contributed by atoms with Gasteiger partial charge in [0.05, 0.1) is 0 Å². The first-order valence-electron chi connectivity index (χ1n) is 14.6. The molecule has 8 heteroatoms. The molecule has 0 aromatic heterocycles. The molecule has 1 atom stereocenters. The lowest BCUT2D eigenvalue weighted by atomic mass is 10.1. The number of nitrogens with one attached hydrogen (secondary N) is 3. The van der Waals surface area contributed by atoms with Crippen LogP contribution >= 0.6 is 23.4 Å². The molecule has 0 aliphatic rings. The van der Waals surface area contributed by atoms with Gasteiger partial charge < -0.3 is 16.0 Å². The van der Waals surface area contributed by atoms with Crippen LogP contribution in [0.15, 0.2) is 138 Å². The molecule has 0 fully saturated rings. The van der Waals surface area contributed by atoms with Crippen molar-refractivity contribution in [2.75, 3.05) is 10.6 Å². The van der Waals surface area contributed by atoms with Gasteiger partial charge in [-0.15, -0.1) is 11.8 Å². The van der Waals surface area contributed by atoms with E-state index < -0.39 is 17.1 Å². The molecule has 1 unspecified atom stereocenters. The number of carbonyl (C=O) groups excluding carboxylic acids is 3. The molecule has 46 heavy (non-hydrogen) atoms. The number of thioether (sulfide) groups is 1. The van der Waals surface area contributed by atoms with E-state index >= 15 is 0 Å². The molecule has 0 heterocycles. The zero-order valence-corrected chi connectivity index (χ0v) is 26.9. The van der Waals surface area contributed by atoms with E-state index in [9.17, 15) is 14.4 Å². The number of carbonyl (C=O) groups is 3. The van der Waals surface area contributed by atoms with E-state index in [0.29, 0.717) is 21.8 Å². The number of anilines is 2. The van der Waals surface area contributed by atoms with Gasteiger partial charge in [-0.3, -0.25) is 14.4 Å². The Bertz CT molecular complexity index is 1890. The average molecular weight is 646 g/mol. The molecule has 3 N–H and O–H groups in total. The Labute approximate surface area is 277 Å². The lowest BCUT2D eigenvalue weighted by molar-refractivity contribution is -0.116. The second-order valence-electron chi connectivity index (χ2n) is 10.5. The van der Waals surface area contributed by atoms with Crippen LogP contribution in [0.1, 0.15) is 37.9 Å². The van der Waals surface area contributed by atoms with Crippen LogP contribution in [0.25, 0.3) is 6.08 Å². The van der Waals surface area contributed by atoms with Crippen molar-refractivity contribution in [2.24, 2.45) is 0 Å². The quantitative estimate of drug-likeness (QED) is 0.105. The first-order chi connectivity index (χ1) is 22.3. The third kappa shape index (κ3) is 8.33. The predicted octanol–water partition coefficient (Wildman–Crippen LogP) is 8.84. The van der Waals surface area contributed by atoms with E-state index in [-0.39, 0.29) is 11.6 Å². The van der Waals surface area contributed by atoms with Gasteiger partial charge in [0.15, 0.2) is 0 Å². The number of amides is 3. The van der Waals surface area contributed by atoms with Gasteiger partial charge in [-0.1, -0.05) is 96.5 Å². The molecule has 0 saturated carbocycles. The molecule has 5 aromatic carbocycles. The van der Waals surface area contributed by atoms with Crippen molar-refractivity contribution in [3.63, 3.8) is 0 Å². The van der Waals surface area contributed by atoms with E-state index in [1.165, 1.54) is 11.8 Å². The second-order valence-corrected chi connectivity index (χ2v) is 12.1. The SMILES string of the molecule is Cc1cccc(NC(=O)C(Sc2cccc(NC(=O)/C(=C\c3ccccc3Cl)NC(=O)c3ccccc3)c2)c2ccccc2)c1C. The molecule has 0 saturated heterocycles. The van der Waals surface area contributed by atoms with Crippen molar-refractivity contribution in [2.45, 2.75) is 24.0 Å². The molecule has 0 spiro atoms. The van der Waals surface area contributed by atoms with Crippen LogP contribution in [0.5, 0.6) is 0 Å². The van der Waals surface area contributed by atoms with Crippen LogP contribution in [0.3, 0.4) is 0 Å². The Balaban J connectivity index is 1.39. The Morgan fingerprint density at radius 3 is 2.15 bits per heavy atom. The van der Waals surface area contributed by atoms with Gasteiger partial charge in [0.25, 0.3) is 11.8 Å². The van der Waals surface area contributed by atoms with Crippen molar-refractivity contribution < 1.29 is 14.4 Å². The van der Waals surface area contributed by atoms with Gasteiger partial charge in [0, 0.05) is 26.9 Å². The summed E-state index contributed by atoms with van der Waals surface area (Å²) in [7, 11) is 0. The van der Waals surface area contributed by atoms with Crippen molar-refractivity contribution >= 4 is 58.5 Å². The predicted molar refractivity (Wildman–Crippen MR) is 188 cm³/mol. The average Bonchev–Trinajstić information content (AvgIpc) is 3.07.